The number of nitrogens with one attached hydrogen (secondary N) is 1. The summed E-state index contributed by atoms with van der Waals surface area (Å²) in [6.07, 6.45) is 2.59. The van der Waals surface area contributed by atoms with E-state index in [1.807, 2.05) is 19.1 Å². The molecule has 1 aliphatic carbocycles. The number of rotatable bonds is 4. The van der Waals surface area contributed by atoms with E-state index >= 15 is 0 Å². The zero-order valence-electron chi connectivity index (χ0n) is 12.1. The van der Waals surface area contributed by atoms with Gasteiger partial charge in [-0.3, -0.25) is 4.98 Å². The van der Waals surface area contributed by atoms with Gasteiger partial charge < -0.3 is 9.73 Å². The van der Waals surface area contributed by atoms with Crippen LogP contribution in [0.2, 0.25) is 0 Å². The molecule has 1 saturated carbocycles. The third-order valence-electron chi connectivity index (χ3n) is 3.92. The second kappa shape index (κ2) is 5.01. The molecule has 0 unspecified atom stereocenters. The maximum Gasteiger partial charge on any atom is 0.134 e. The third-order valence-corrected chi connectivity index (χ3v) is 3.92. The van der Waals surface area contributed by atoms with Crippen molar-refractivity contribution in [2.24, 2.45) is 0 Å². The minimum Gasteiger partial charge on any atom is -0.460 e. The Labute approximate surface area is 124 Å². The second-order valence-corrected chi connectivity index (χ2v) is 5.78. The number of furan rings is 1. The fourth-order valence-electron chi connectivity index (χ4n) is 2.54. The standard InChI is InChI=1S/C18H18N2O/c1-12-2-3-13-10-14(4-8-17(13)20-12)18-9-7-16(21-18)11-19-15-5-6-15/h2-4,7-10,15,19H,5-6,11H2,1H3. The van der Waals surface area contributed by atoms with Crippen molar-refractivity contribution in [3.8, 4) is 11.3 Å². The van der Waals surface area contributed by atoms with Crippen molar-refractivity contribution < 1.29 is 4.42 Å². The molecule has 0 saturated heterocycles. The van der Waals surface area contributed by atoms with Crippen LogP contribution in [0.15, 0.2) is 46.9 Å². The van der Waals surface area contributed by atoms with E-state index in [0.717, 1.165) is 40.2 Å². The molecule has 1 N–H and O–H groups in total. The Morgan fingerprint density at radius 2 is 2.05 bits per heavy atom. The predicted octanol–water partition coefficient (Wildman–Crippen LogP) is 4.06. The predicted molar refractivity (Wildman–Crippen MR) is 84.0 cm³/mol. The molecular formula is C18H18N2O. The summed E-state index contributed by atoms with van der Waals surface area (Å²) in [6.45, 7) is 2.83. The fraction of sp³-hybridized carbons (Fsp3) is 0.278. The highest BCUT2D eigenvalue weighted by atomic mass is 16.3. The molecule has 0 radical (unpaired) electrons. The van der Waals surface area contributed by atoms with E-state index in [1.165, 1.54) is 12.8 Å². The van der Waals surface area contributed by atoms with Gasteiger partial charge in [0.2, 0.25) is 0 Å². The quantitative estimate of drug-likeness (QED) is 0.782. The van der Waals surface area contributed by atoms with Crippen molar-refractivity contribution in [2.45, 2.75) is 32.4 Å². The number of pyridine rings is 1. The summed E-state index contributed by atoms with van der Waals surface area (Å²) in [5.74, 6) is 1.92. The van der Waals surface area contributed by atoms with Crippen LogP contribution in [0.3, 0.4) is 0 Å². The van der Waals surface area contributed by atoms with Gasteiger partial charge in [0.25, 0.3) is 0 Å². The van der Waals surface area contributed by atoms with Crippen LogP contribution in [0.1, 0.15) is 24.3 Å². The van der Waals surface area contributed by atoms with E-state index in [9.17, 15) is 0 Å². The molecule has 0 atom stereocenters. The smallest absolute Gasteiger partial charge is 0.134 e. The lowest BCUT2D eigenvalue weighted by Gasteiger charge is -2.02. The van der Waals surface area contributed by atoms with Crippen molar-refractivity contribution >= 4 is 10.9 Å². The molecule has 0 amide bonds. The monoisotopic (exact) mass is 278 g/mol. The van der Waals surface area contributed by atoms with Gasteiger partial charge in [-0.15, -0.1) is 0 Å². The number of aryl methyl sites for hydroxylation is 1. The van der Waals surface area contributed by atoms with Gasteiger partial charge in [0.05, 0.1) is 12.1 Å². The number of hydrogen-bond donors (Lipinski definition) is 1. The van der Waals surface area contributed by atoms with Crippen LogP contribution in [0, 0.1) is 6.92 Å². The van der Waals surface area contributed by atoms with Gasteiger partial charge in [-0.05, 0) is 56.2 Å². The summed E-state index contributed by atoms with van der Waals surface area (Å²) in [4.78, 5) is 4.53. The van der Waals surface area contributed by atoms with E-state index in [1.54, 1.807) is 0 Å². The van der Waals surface area contributed by atoms with Gasteiger partial charge in [-0.1, -0.05) is 6.07 Å². The number of hydrogen-bond acceptors (Lipinski definition) is 3. The normalized spacial score (nSPS) is 14.7. The van der Waals surface area contributed by atoms with Crippen LogP contribution in [0.25, 0.3) is 22.2 Å². The maximum absolute atomic E-state index is 5.94. The van der Waals surface area contributed by atoms with Crippen molar-refractivity contribution in [2.75, 3.05) is 0 Å². The van der Waals surface area contributed by atoms with Crippen LogP contribution in [-0.4, -0.2) is 11.0 Å². The van der Waals surface area contributed by atoms with Gasteiger partial charge in [0.1, 0.15) is 11.5 Å². The first kappa shape index (κ1) is 12.6. The third kappa shape index (κ3) is 2.69. The molecule has 2 aromatic heterocycles. The molecule has 1 fully saturated rings. The second-order valence-electron chi connectivity index (χ2n) is 5.78. The Morgan fingerprint density at radius 3 is 2.90 bits per heavy atom. The molecule has 2 heterocycles. The average molecular weight is 278 g/mol. The highest BCUT2D eigenvalue weighted by molar-refractivity contribution is 5.83. The molecule has 4 rings (SSSR count). The highest BCUT2D eigenvalue weighted by Crippen LogP contribution is 2.26. The van der Waals surface area contributed by atoms with Gasteiger partial charge in [-0.25, -0.2) is 0 Å². The number of fused-ring (bicyclic) bond motifs is 1. The van der Waals surface area contributed by atoms with Crippen molar-refractivity contribution in [3.63, 3.8) is 0 Å². The molecule has 3 nitrogen and oxygen atoms in total. The summed E-state index contributed by atoms with van der Waals surface area (Å²) in [6, 6.07) is 15.2. The van der Waals surface area contributed by atoms with E-state index in [2.05, 4.69) is 40.6 Å². The van der Waals surface area contributed by atoms with Gasteiger partial charge >= 0.3 is 0 Å². The molecular weight excluding hydrogens is 260 g/mol. The Bertz CT molecular complexity index is 787. The van der Waals surface area contributed by atoms with Crippen LogP contribution in [-0.2, 0) is 6.54 Å². The molecule has 106 valence electrons. The molecule has 0 aliphatic heterocycles. The van der Waals surface area contributed by atoms with Gasteiger partial charge in [0, 0.05) is 22.7 Å². The topological polar surface area (TPSA) is 38.1 Å². The van der Waals surface area contributed by atoms with E-state index in [-0.39, 0.29) is 0 Å². The molecule has 1 aromatic carbocycles. The Kier molecular flexibility index (Phi) is 3.00. The maximum atomic E-state index is 5.94. The fourth-order valence-corrected chi connectivity index (χ4v) is 2.54. The summed E-state index contributed by atoms with van der Waals surface area (Å²) in [5.41, 5.74) is 3.17. The van der Waals surface area contributed by atoms with Crippen LogP contribution >= 0.6 is 0 Å². The first-order chi connectivity index (χ1) is 10.3. The first-order valence-corrected chi connectivity index (χ1v) is 7.48. The van der Waals surface area contributed by atoms with Crippen LogP contribution < -0.4 is 5.32 Å². The Hall–Kier alpha value is -2.13. The molecule has 0 spiro atoms. The Balaban J connectivity index is 1.61. The van der Waals surface area contributed by atoms with E-state index in [0.29, 0.717) is 6.04 Å². The zero-order valence-corrected chi connectivity index (χ0v) is 12.1. The molecule has 3 heteroatoms. The van der Waals surface area contributed by atoms with Crippen molar-refractivity contribution in [1.82, 2.24) is 10.3 Å². The minimum atomic E-state index is 0.702. The SMILES string of the molecule is Cc1ccc2cc(-c3ccc(CNC4CC4)o3)ccc2n1. The summed E-state index contributed by atoms with van der Waals surface area (Å²) in [7, 11) is 0. The van der Waals surface area contributed by atoms with Gasteiger partial charge in [-0.2, -0.15) is 0 Å². The zero-order chi connectivity index (χ0) is 14.2. The molecule has 3 aromatic rings. The summed E-state index contributed by atoms with van der Waals surface area (Å²) < 4.78 is 5.94. The summed E-state index contributed by atoms with van der Waals surface area (Å²) >= 11 is 0. The van der Waals surface area contributed by atoms with E-state index < -0.39 is 0 Å². The number of aromatic nitrogens is 1. The lowest BCUT2D eigenvalue weighted by Crippen LogP contribution is -2.14. The first-order valence-electron chi connectivity index (χ1n) is 7.48. The van der Waals surface area contributed by atoms with Crippen molar-refractivity contribution in [1.29, 1.82) is 0 Å². The van der Waals surface area contributed by atoms with Crippen LogP contribution in [0.5, 0.6) is 0 Å². The van der Waals surface area contributed by atoms with Gasteiger partial charge in [0.15, 0.2) is 0 Å². The minimum absolute atomic E-state index is 0.702. The van der Waals surface area contributed by atoms with Crippen LogP contribution in [0.4, 0.5) is 0 Å². The highest BCUT2D eigenvalue weighted by Gasteiger charge is 2.20. The average Bonchev–Trinajstić information content (AvgIpc) is 3.21. The molecule has 1 aliphatic rings. The number of nitrogens with zero attached hydrogens (tertiary/aromatic N) is 1. The largest absolute Gasteiger partial charge is 0.460 e. The lowest BCUT2D eigenvalue weighted by molar-refractivity contribution is 0.492. The van der Waals surface area contributed by atoms with E-state index in [4.69, 9.17) is 4.42 Å². The molecule has 21 heavy (non-hydrogen) atoms. The van der Waals surface area contributed by atoms with Crippen molar-refractivity contribution in [3.05, 3.63) is 53.9 Å². The summed E-state index contributed by atoms with van der Waals surface area (Å²) in [5, 5.41) is 4.62. The lowest BCUT2D eigenvalue weighted by atomic mass is 10.1. The Morgan fingerprint density at radius 1 is 1.14 bits per heavy atom. The molecule has 0 bridgehead atoms. The number of benzene rings is 1.